The molecule has 1 aromatic rings. The minimum atomic E-state index is 0.379. The molecule has 0 aliphatic carbocycles. The van der Waals surface area contributed by atoms with Gasteiger partial charge in [-0.05, 0) is 33.2 Å². The maximum atomic E-state index is 5.92. The maximum Gasteiger partial charge on any atom is 0.223 e. The van der Waals surface area contributed by atoms with E-state index in [1.807, 2.05) is 7.05 Å². The van der Waals surface area contributed by atoms with Crippen LogP contribution in [0.4, 0.5) is 17.6 Å². The molecule has 0 bridgehead atoms. The van der Waals surface area contributed by atoms with E-state index in [0.29, 0.717) is 18.0 Å². The van der Waals surface area contributed by atoms with Crippen molar-refractivity contribution in [3.63, 3.8) is 0 Å². The summed E-state index contributed by atoms with van der Waals surface area (Å²) in [5, 5.41) is 3.33. The minimum absolute atomic E-state index is 0.379. The topological polar surface area (TPSA) is 70.3 Å². The molecular formula is C14H24N6. The van der Waals surface area contributed by atoms with Crippen molar-refractivity contribution in [2.45, 2.75) is 38.3 Å². The lowest BCUT2D eigenvalue weighted by atomic mass is 10.2. The average Bonchev–Trinajstić information content (AvgIpc) is 3.06. The molecule has 0 radical (unpaired) electrons. The number of hydrogen-bond donors (Lipinski definition) is 2. The van der Waals surface area contributed by atoms with Crippen LogP contribution < -0.4 is 20.9 Å². The quantitative estimate of drug-likeness (QED) is 0.853. The number of rotatable bonds is 3. The van der Waals surface area contributed by atoms with Crippen molar-refractivity contribution in [1.82, 2.24) is 15.3 Å². The van der Waals surface area contributed by atoms with Gasteiger partial charge in [0, 0.05) is 37.8 Å². The Hall–Kier alpha value is -1.56. The molecule has 6 nitrogen and oxygen atoms in total. The first-order valence-corrected chi connectivity index (χ1v) is 7.51. The lowest BCUT2D eigenvalue weighted by molar-refractivity contribution is 0.616. The zero-order valence-corrected chi connectivity index (χ0v) is 12.3. The maximum absolute atomic E-state index is 5.92. The van der Waals surface area contributed by atoms with Gasteiger partial charge >= 0.3 is 0 Å². The Balaban J connectivity index is 1.83. The van der Waals surface area contributed by atoms with Crippen LogP contribution in [0.1, 0.15) is 26.2 Å². The lowest BCUT2D eigenvalue weighted by Gasteiger charge is -2.25. The van der Waals surface area contributed by atoms with E-state index in [0.717, 1.165) is 37.7 Å². The number of likely N-dealkylation sites (N-methyl/N-ethyl adjacent to an activating group) is 1. The first kappa shape index (κ1) is 13.4. The van der Waals surface area contributed by atoms with E-state index in [9.17, 15) is 0 Å². The van der Waals surface area contributed by atoms with E-state index in [1.165, 1.54) is 12.8 Å². The Labute approximate surface area is 120 Å². The second-order valence-corrected chi connectivity index (χ2v) is 5.85. The van der Waals surface area contributed by atoms with Gasteiger partial charge < -0.3 is 20.9 Å². The van der Waals surface area contributed by atoms with Crippen molar-refractivity contribution in [1.29, 1.82) is 0 Å². The largest absolute Gasteiger partial charge is 0.368 e. The van der Waals surface area contributed by atoms with Crippen LogP contribution in [-0.4, -0.2) is 48.7 Å². The lowest BCUT2D eigenvalue weighted by Crippen LogP contribution is -2.31. The predicted octanol–water partition coefficient (Wildman–Crippen LogP) is 0.846. The predicted molar refractivity (Wildman–Crippen MR) is 82.2 cm³/mol. The highest BCUT2D eigenvalue weighted by Crippen LogP contribution is 2.28. The van der Waals surface area contributed by atoms with Gasteiger partial charge in [-0.3, -0.25) is 0 Å². The second-order valence-electron chi connectivity index (χ2n) is 5.85. The van der Waals surface area contributed by atoms with E-state index in [4.69, 9.17) is 5.73 Å². The van der Waals surface area contributed by atoms with Crippen molar-refractivity contribution < 1.29 is 0 Å². The number of nitrogen functional groups attached to an aromatic ring is 1. The van der Waals surface area contributed by atoms with Crippen molar-refractivity contribution >= 4 is 17.6 Å². The van der Waals surface area contributed by atoms with Crippen LogP contribution >= 0.6 is 0 Å². The fourth-order valence-corrected chi connectivity index (χ4v) is 3.23. The van der Waals surface area contributed by atoms with Gasteiger partial charge in [0.25, 0.3) is 0 Å². The number of nitrogens with two attached hydrogens (primary N) is 1. The first-order chi connectivity index (χ1) is 9.67. The molecule has 20 heavy (non-hydrogen) atoms. The zero-order chi connectivity index (χ0) is 14.1. The van der Waals surface area contributed by atoms with Gasteiger partial charge in [0.2, 0.25) is 5.95 Å². The van der Waals surface area contributed by atoms with Crippen molar-refractivity contribution in [3.8, 4) is 0 Å². The van der Waals surface area contributed by atoms with Crippen molar-refractivity contribution in [2.24, 2.45) is 0 Å². The van der Waals surface area contributed by atoms with E-state index in [-0.39, 0.29) is 0 Å². The molecule has 0 spiro atoms. The smallest absolute Gasteiger partial charge is 0.223 e. The Bertz CT molecular complexity index is 477. The highest BCUT2D eigenvalue weighted by atomic mass is 15.3. The van der Waals surface area contributed by atoms with E-state index in [1.54, 1.807) is 0 Å². The third-order valence-electron chi connectivity index (χ3n) is 4.48. The molecule has 2 saturated heterocycles. The van der Waals surface area contributed by atoms with Gasteiger partial charge in [0.15, 0.2) is 0 Å². The van der Waals surface area contributed by atoms with Crippen LogP contribution in [0.5, 0.6) is 0 Å². The third kappa shape index (κ3) is 2.52. The van der Waals surface area contributed by atoms with Crippen LogP contribution in [0.2, 0.25) is 0 Å². The average molecular weight is 276 g/mol. The Morgan fingerprint density at radius 1 is 1.25 bits per heavy atom. The van der Waals surface area contributed by atoms with E-state index >= 15 is 0 Å². The van der Waals surface area contributed by atoms with E-state index < -0.39 is 0 Å². The minimum Gasteiger partial charge on any atom is -0.368 e. The molecule has 2 atom stereocenters. The SMILES string of the molecule is CNC1CCN(c2cc(N3CCCC3C)nc(N)n2)C1. The molecule has 110 valence electrons. The zero-order valence-electron chi connectivity index (χ0n) is 12.3. The monoisotopic (exact) mass is 276 g/mol. The van der Waals surface area contributed by atoms with Gasteiger partial charge in [0.1, 0.15) is 11.6 Å². The van der Waals surface area contributed by atoms with Crippen LogP contribution in [0.25, 0.3) is 0 Å². The first-order valence-electron chi connectivity index (χ1n) is 7.51. The van der Waals surface area contributed by atoms with Gasteiger partial charge in [-0.1, -0.05) is 0 Å². The number of anilines is 3. The Kier molecular flexibility index (Phi) is 3.65. The molecule has 3 heterocycles. The molecule has 6 heteroatoms. The van der Waals surface area contributed by atoms with Gasteiger partial charge in [0.05, 0.1) is 0 Å². The molecule has 0 amide bonds. The Morgan fingerprint density at radius 3 is 2.70 bits per heavy atom. The summed E-state index contributed by atoms with van der Waals surface area (Å²) in [6.07, 6.45) is 3.60. The summed E-state index contributed by atoms with van der Waals surface area (Å²) in [6, 6.07) is 3.18. The molecule has 3 rings (SSSR count). The van der Waals surface area contributed by atoms with Crippen LogP contribution in [-0.2, 0) is 0 Å². The molecule has 2 unspecified atom stereocenters. The fourth-order valence-electron chi connectivity index (χ4n) is 3.23. The summed E-state index contributed by atoms with van der Waals surface area (Å²) < 4.78 is 0. The summed E-state index contributed by atoms with van der Waals surface area (Å²) in [6.45, 7) is 5.33. The van der Waals surface area contributed by atoms with Gasteiger partial charge in [-0.2, -0.15) is 9.97 Å². The molecule has 2 aliphatic heterocycles. The molecular weight excluding hydrogens is 252 g/mol. The Morgan fingerprint density at radius 2 is 2.05 bits per heavy atom. The molecule has 0 aromatic carbocycles. The van der Waals surface area contributed by atoms with Crippen molar-refractivity contribution in [2.75, 3.05) is 42.2 Å². The number of hydrogen-bond acceptors (Lipinski definition) is 6. The molecule has 2 aliphatic rings. The van der Waals surface area contributed by atoms with Crippen LogP contribution in [0.3, 0.4) is 0 Å². The molecule has 0 saturated carbocycles. The number of nitrogens with one attached hydrogen (secondary N) is 1. The van der Waals surface area contributed by atoms with Gasteiger partial charge in [-0.25, -0.2) is 0 Å². The molecule has 2 fully saturated rings. The van der Waals surface area contributed by atoms with Gasteiger partial charge in [-0.15, -0.1) is 0 Å². The highest BCUT2D eigenvalue weighted by molar-refractivity contribution is 5.55. The standard InChI is InChI=1S/C14H24N6/c1-10-4-3-6-20(10)13-8-12(17-14(15)18-13)19-7-5-11(9-19)16-2/h8,10-11,16H,3-7,9H2,1-2H3,(H2,15,17,18). The number of aromatic nitrogens is 2. The number of nitrogens with zero attached hydrogens (tertiary/aromatic N) is 4. The fraction of sp³-hybridized carbons (Fsp3) is 0.714. The summed E-state index contributed by atoms with van der Waals surface area (Å²) in [5.74, 6) is 2.32. The van der Waals surface area contributed by atoms with Crippen LogP contribution in [0, 0.1) is 0 Å². The second kappa shape index (κ2) is 5.44. The summed E-state index contributed by atoms with van der Waals surface area (Å²) in [5.41, 5.74) is 5.92. The molecule has 1 aromatic heterocycles. The highest BCUT2D eigenvalue weighted by Gasteiger charge is 2.26. The summed E-state index contributed by atoms with van der Waals surface area (Å²) in [7, 11) is 2.01. The third-order valence-corrected chi connectivity index (χ3v) is 4.48. The van der Waals surface area contributed by atoms with Crippen LogP contribution in [0.15, 0.2) is 6.07 Å². The van der Waals surface area contributed by atoms with Crippen molar-refractivity contribution in [3.05, 3.63) is 6.07 Å². The normalized spacial score (nSPS) is 26.5. The summed E-state index contributed by atoms with van der Waals surface area (Å²) in [4.78, 5) is 13.5. The van der Waals surface area contributed by atoms with E-state index in [2.05, 4.69) is 38.1 Å². The molecule has 3 N–H and O–H groups in total. The summed E-state index contributed by atoms with van der Waals surface area (Å²) >= 11 is 0.